The van der Waals surface area contributed by atoms with Crippen LogP contribution < -0.4 is 10.2 Å². The van der Waals surface area contributed by atoms with Crippen molar-refractivity contribution in [2.75, 3.05) is 50.0 Å². The van der Waals surface area contributed by atoms with Crippen molar-refractivity contribution in [2.45, 2.75) is 25.8 Å². The van der Waals surface area contributed by atoms with Gasteiger partial charge in [-0.3, -0.25) is 9.59 Å². The first-order chi connectivity index (χ1) is 19.3. The SMILES string of the molecule is CC(=O)Nc1ccccc1-c1ccc(C(CN2CCCC2)N(C)C(=O)CN(CC#N)c2ccc(Cl)c(Cl)c2)cc1. The van der Waals surface area contributed by atoms with Crippen molar-refractivity contribution in [3.05, 3.63) is 82.3 Å². The molecule has 7 nitrogen and oxygen atoms in total. The number of carbonyl (C=O) groups excluding carboxylic acids is 2. The van der Waals surface area contributed by atoms with Gasteiger partial charge in [-0.25, -0.2) is 0 Å². The number of nitrogens with zero attached hydrogens (tertiary/aromatic N) is 4. The Bertz CT molecular complexity index is 1380. The largest absolute Gasteiger partial charge is 0.349 e. The maximum absolute atomic E-state index is 13.6. The lowest BCUT2D eigenvalue weighted by atomic mass is 9.98. The zero-order chi connectivity index (χ0) is 28.6. The Labute approximate surface area is 245 Å². The van der Waals surface area contributed by atoms with Crippen LogP contribution >= 0.6 is 23.2 Å². The second-order valence-corrected chi connectivity index (χ2v) is 10.8. The van der Waals surface area contributed by atoms with Crippen molar-refractivity contribution in [1.29, 1.82) is 5.26 Å². The molecule has 2 amide bonds. The molecule has 3 aromatic rings. The Morgan fingerprint density at radius 3 is 2.38 bits per heavy atom. The maximum atomic E-state index is 13.6. The second kappa shape index (κ2) is 13.7. The van der Waals surface area contributed by atoms with Gasteiger partial charge >= 0.3 is 0 Å². The fourth-order valence-corrected chi connectivity index (χ4v) is 5.33. The van der Waals surface area contributed by atoms with E-state index in [1.165, 1.54) is 6.92 Å². The van der Waals surface area contributed by atoms with Crippen LogP contribution in [-0.4, -0.2) is 61.4 Å². The molecule has 0 aromatic heterocycles. The van der Waals surface area contributed by atoms with Crippen molar-refractivity contribution in [3.8, 4) is 17.2 Å². The summed E-state index contributed by atoms with van der Waals surface area (Å²) >= 11 is 12.3. The van der Waals surface area contributed by atoms with Crippen molar-refractivity contribution in [1.82, 2.24) is 9.80 Å². The minimum absolute atomic E-state index is 0.0285. The Morgan fingerprint density at radius 2 is 1.73 bits per heavy atom. The van der Waals surface area contributed by atoms with Gasteiger partial charge < -0.3 is 20.0 Å². The molecule has 1 fully saturated rings. The molecule has 1 saturated heterocycles. The van der Waals surface area contributed by atoms with Crippen LogP contribution in [0, 0.1) is 11.3 Å². The lowest BCUT2D eigenvalue weighted by Crippen LogP contribution is -2.43. The van der Waals surface area contributed by atoms with Gasteiger partial charge in [-0.05, 0) is 61.3 Å². The van der Waals surface area contributed by atoms with E-state index in [1.54, 1.807) is 28.0 Å². The fraction of sp³-hybridized carbons (Fsp3) is 0.323. The molecule has 0 bridgehead atoms. The summed E-state index contributed by atoms with van der Waals surface area (Å²) in [5, 5.41) is 13.1. The molecule has 1 heterocycles. The summed E-state index contributed by atoms with van der Waals surface area (Å²) in [7, 11) is 1.82. The number of halogens is 2. The van der Waals surface area contributed by atoms with Gasteiger partial charge in [0, 0.05) is 37.5 Å². The van der Waals surface area contributed by atoms with E-state index in [4.69, 9.17) is 23.2 Å². The van der Waals surface area contributed by atoms with Crippen LogP contribution in [0.15, 0.2) is 66.7 Å². The van der Waals surface area contributed by atoms with E-state index >= 15 is 0 Å². The van der Waals surface area contributed by atoms with E-state index in [1.807, 2.05) is 43.4 Å². The molecule has 0 radical (unpaired) electrons. The number of nitrogens with one attached hydrogen (secondary N) is 1. The van der Waals surface area contributed by atoms with Gasteiger partial charge in [0.15, 0.2) is 0 Å². The molecule has 208 valence electrons. The third-order valence-corrected chi connectivity index (χ3v) is 7.93. The van der Waals surface area contributed by atoms with E-state index < -0.39 is 0 Å². The highest BCUT2D eigenvalue weighted by Gasteiger charge is 2.27. The third-order valence-electron chi connectivity index (χ3n) is 7.19. The first-order valence-electron chi connectivity index (χ1n) is 13.3. The van der Waals surface area contributed by atoms with Crippen molar-refractivity contribution in [2.24, 2.45) is 0 Å². The molecule has 1 aliphatic rings. The summed E-state index contributed by atoms with van der Waals surface area (Å²) in [6, 6.07) is 22.9. The van der Waals surface area contributed by atoms with Gasteiger partial charge in [-0.1, -0.05) is 65.7 Å². The number of rotatable bonds is 10. The first-order valence-corrected chi connectivity index (χ1v) is 14.0. The fourth-order valence-electron chi connectivity index (χ4n) is 5.03. The van der Waals surface area contributed by atoms with E-state index in [9.17, 15) is 14.9 Å². The van der Waals surface area contributed by atoms with Crippen LogP contribution in [0.1, 0.15) is 31.4 Å². The lowest BCUT2D eigenvalue weighted by Gasteiger charge is -2.34. The molecule has 3 aromatic carbocycles. The number of carbonyl (C=O) groups is 2. The molecule has 9 heteroatoms. The van der Waals surface area contributed by atoms with E-state index in [2.05, 4.69) is 28.4 Å². The van der Waals surface area contributed by atoms with Crippen LogP contribution in [0.5, 0.6) is 0 Å². The number of anilines is 2. The Balaban J connectivity index is 1.58. The minimum Gasteiger partial charge on any atom is -0.349 e. The highest BCUT2D eigenvalue weighted by molar-refractivity contribution is 6.42. The zero-order valence-corrected chi connectivity index (χ0v) is 24.3. The number of hydrogen-bond donors (Lipinski definition) is 1. The number of hydrogen-bond acceptors (Lipinski definition) is 5. The highest BCUT2D eigenvalue weighted by Crippen LogP contribution is 2.31. The number of amides is 2. The topological polar surface area (TPSA) is 79.7 Å². The number of para-hydroxylation sites is 1. The molecule has 0 saturated carbocycles. The molecule has 0 spiro atoms. The quantitative estimate of drug-likeness (QED) is 0.288. The minimum atomic E-state index is -0.178. The van der Waals surface area contributed by atoms with Gasteiger partial charge in [0.05, 0.1) is 28.7 Å². The molecule has 1 N–H and O–H groups in total. The van der Waals surface area contributed by atoms with Crippen LogP contribution in [0.3, 0.4) is 0 Å². The smallest absolute Gasteiger partial charge is 0.242 e. The normalized spacial score (nSPS) is 13.9. The summed E-state index contributed by atoms with van der Waals surface area (Å²) in [4.78, 5) is 31.2. The first kappa shape index (κ1) is 29.4. The highest BCUT2D eigenvalue weighted by atomic mass is 35.5. The molecule has 1 unspecified atom stereocenters. The molecule has 4 rings (SSSR count). The molecule has 40 heavy (non-hydrogen) atoms. The summed E-state index contributed by atoms with van der Waals surface area (Å²) in [6.07, 6.45) is 2.30. The number of nitriles is 1. The summed E-state index contributed by atoms with van der Waals surface area (Å²) < 4.78 is 0. The Kier molecular flexibility index (Phi) is 10.1. The predicted molar refractivity (Wildman–Crippen MR) is 162 cm³/mol. The van der Waals surface area contributed by atoms with Crippen LogP contribution in [0.2, 0.25) is 10.0 Å². The summed E-state index contributed by atoms with van der Waals surface area (Å²) in [6.45, 7) is 4.29. The van der Waals surface area contributed by atoms with Crippen molar-refractivity contribution in [3.63, 3.8) is 0 Å². The van der Waals surface area contributed by atoms with E-state index in [-0.39, 0.29) is 30.9 Å². The average molecular weight is 579 g/mol. The average Bonchev–Trinajstić information content (AvgIpc) is 3.46. The van der Waals surface area contributed by atoms with Crippen LogP contribution in [-0.2, 0) is 9.59 Å². The number of likely N-dealkylation sites (N-methyl/N-ethyl adjacent to an activating group) is 1. The summed E-state index contributed by atoms with van der Waals surface area (Å²) in [5.41, 5.74) is 4.34. The number of likely N-dealkylation sites (tertiary alicyclic amines) is 1. The van der Waals surface area contributed by atoms with Gasteiger partial charge in [0.1, 0.15) is 6.54 Å². The maximum Gasteiger partial charge on any atom is 0.242 e. The van der Waals surface area contributed by atoms with Gasteiger partial charge in [-0.15, -0.1) is 0 Å². The molecular formula is C31H33Cl2N5O2. The Hall–Kier alpha value is -3.57. The lowest BCUT2D eigenvalue weighted by molar-refractivity contribution is -0.131. The van der Waals surface area contributed by atoms with Crippen molar-refractivity contribution < 1.29 is 9.59 Å². The molecule has 1 aliphatic heterocycles. The number of benzene rings is 3. The van der Waals surface area contributed by atoms with Crippen LogP contribution in [0.25, 0.3) is 11.1 Å². The third kappa shape index (κ3) is 7.33. The second-order valence-electron chi connectivity index (χ2n) is 9.99. The van der Waals surface area contributed by atoms with Gasteiger partial charge in [0.2, 0.25) is 11.8 Å². The molecule has 0 aliphatic carbocycles. The molecule has 1 atom stereocenters. The standard InChI is InChI=1S/C31H33Cl2N5O2/c1-22(39)35-29-8-4-3-7-26(29)23-9-11-24(12-10-23)30(20-37-16-5-6-17-37)36(2)31(40)21-38(18-15-34)25-13-14-27(32)28(33)19-25/h3-4,7-14,19,30H,5-6,16-18,20-21H2,1-2H3,(H,35,39). The van der Waals surface area contributed by atoms with Crippen molar-refractivity contribution >= 4 is 46.4 Å². The van der Waals surface area contributed by atoms with Gasteiger partial charge in [-0.2, -0.15) is 5.26 Å². The molecular weight excluding hydrogens is 545 g/mol. The predicted octanol–water partition coefficient (Wildman–Crippen LogP) is 6.24. The van der Waals surface area contributed by atoms with E-state index in [0.29, 0.717) is 15.7 Å². The Morgan fingerprint density at radius 1 is 1.02 bits per heavy atom. The summed E-state index contributed by atoms with van der Waals surface area (Å²) in [5.74, 6) is -0.230. The monoisotopic (exact) mass is 577 g/mol. The van der Waals surface area contributed by atoms with E-state index in [0.717, 1.165) is 54.9 Å². The van der Waals surface area contributed by atoms with Crippen LogP contribution in [0.4, 0.5) is 11.4 Å². The zero-order valence-electron chi connectivity index (χ0n) is 22.7. The van der Waals surface area contributed by atoms with Gasteiger partial charge in [0.25, 0.3) is 0 Å².